The summed E-state index contributed by atoms with van der Waals surface area (Å²) in [7, 11) is 3.19. The van der Waals surface area contributed by atoms with Crippen molar-refractivity contribution in [1.29, 1.82) is 0 Å². The molecule has 11 nitrogen and oxygen atoms in total. The van der Waals surface area contributed by atoms with Gasteiger partial charge in [-0.15, -0.1) is 0 Å². The van der Waals surface area contributed by atoms with Crippen molar-refractivity contribution < 1.29 is 28.7 Å². The predicted molar refractivity (Wildman–Crippen MR) is 177 cm³/mol. The molecule has 0 bridgehead atoms. The predicted octanol–water partition coefficient (Wildman–Crippen LogP) is 7.96. The van der Waals surface area contributed by atoms with E-state index in [0.717, 1.165) is 38.8 Å². The second-order valence-corrected chi connectivity index (χ2v) is 11.2. The van der Waals surface area contributed by atoms with Gasteiger partial charge >= 0.3 is 26.8 Å². The summed E-state index contributed by atoms with van der Waals surface area (Å²) in [6, 6.07) is 0.481. The summed E-state index contributed by atoms with van der Waals surface area (Å²) < 4.78 is 5.00. The Kier molecular flexibility index (Phi) is 30.3. The van der Waals surface area contributed by atoms with E-state index in [1.807, 2.05) is 27.7 Å². The Labute approximate surface area is 282 Å². The van der Waals surface area contributed by atoms with Crippen LogP contribution in [0.5, 0.6) is 0 Å². The van der Waals surface area contributed by atoms with E-state index in [2.05, 4.69) is 13.8 Å². The third-order valence-corrected chi connectivity index (χ3v) is 7.56. The Morgan fingerprint density at radius 3 is 1.16 bits per heavy atom. The van der Waals surface area contributed by atoms with E-state index < -0.39 is 5.37 Å². The van der Waals surface area contributed by atoms with Gasteiger partial charge in [0.15, 0.2) is 0 Å². The molecule has 5 amide bonds. The highest BCUT2D eigenvalue weighted by Crippen LogP contribution is 2.14. The van der Waals surface area contributed by atoms with Crippen LogP contribution in [-0.4, -0.2) is 130 Å². The Morgan fingerprint density at radius 2 is 1.00 bits per heavy atom. The fraction of sp³-hybridized carbons (Fsp3) is 0.815. The van der Waals surface area contributed by atoms with Crippen LogP contribution in [-0.2, 0) is 4.74 Å². The third-order valence-electron chi connectivity index (χ3n) is 6.31. The van der Waals surface area contributed by atoms with Crippen LogP contribution in [0.4, 0.5) is 24.0 Å². The normalized spacial score (nSPS) is 14.8. The van der Waals surface area contributed by atoms with Crippen LogP contribution in [0.1, 0.15) is 67.2 Å². The molecule has 0 spiro atoms. The van der Waals surface area contributed by atoms with Gasteiger partial charge in [0, 0.05) is 65.4 Å². The second-order valence-electron chi connectivity index (χ2n) is 9.55. The number of hydrogen-bond acceptors (Lipinski definition) is 6. The second kappa shape index (κ2) is 28.2. The highest BCUT2D eigenvalue weighted by atomic mass is 35.5. The van der Waals surface area contributed by atoms with E-state index in [4.69, 9.17) is 62.7 Å². The summed E-state index contributed by atoms with van der Waals surface area (Å²) in [5, 5.41) is -1.82. The molecule has 2 atom stereocenters. The summed E-state index contributed by atoms with van der Waals surface area (Å²) in [6.07, 6.45) is 4.11. The number of likely N-dealkylation sites (tertiary alicyclic amines) is 1. The van der Waals surface area contributed by atoms with Crippen molar-refractivity contribution in [2.45, 2.75) is 79.3 Å². The molecule has 0 radical (unpaired) electrons. The Balaban J connectivity index is -0.000000473. The van der Waals surface area contributed by atoms with Gasteiger partial charge in [-0.2, -0.15) is 0 Å². The number of carbonyl (C=O) groups is 5. The van der Waals surface area contributed by atoms with Gasteiger partial charge in [-0.25, -0.2) is 0 Å². The minimum Gasteiger partial charge on any atom is -0.378 e. The molecule has 0 aromatic heterocycles. The lowest BCUT2D eigenvalue weighted by atomic mass is 10.1. The fourth-order valence-electron chi connectivity index (χ4n) is 3.28. The summed E-state index contributed by atoms with van der Waals surface area (Å²) >= 11 is 25.9. The summed E-state index contributed by atoms with van der Waals surface area (Å²) in [4.78, 5) is 59.7. The van der Waals surface area contributed by atoms with Crippen molar-refractivity contribution in [1.82, 2.24) is 24.5 Å². The number of ether oxygens (including phenoxy) is 1. The molecule has 2 fully saturated rings. The highest BCUT2D eigenvalue weighted by Gasteiger charge is 2.21. The van der Waals surface area contributed by atoms with E-state index in [9.17, 15) is 24.0 Å². The third kappa shape index (κ3) is 24.7. The first-order valence-corrected chi connectivity index (χ1v) is 16.2. The van der Waals surface area contributed by atoms with Gasteiger partial charge in [-0.05, 0) is 111 Å². The zero-order chi connectivity index (χ0) is 34.1. The average Bonchev–Trinajstić information content (AvgIpc) is 3.51. The molecule has 2 aliphatic rings. The molecule has 0 aromatic carbocycles. The maximum absolute atomic E-state index is 11.0. The molecule has 0 saturated carbocycles. The smallest absolute Gasteiger partial charge is 0.316 e. The van der Waals surface area contributed by atoms with Crippen molar-refractivity contribution in [3.8, 4) is 0 Å². The van der Waals surface area contributed by atoms with Gasteiger partial charge in [0.25, 0.3) is 0 Å². The van der Waals surface area contributed by atoms with Crippen LogP contribution in [0.15, 0.2) is 0 Å². The number of morpholine rings is 1. The number of rotatable bonds is 6. The molecule has 16 heteroatoms. The van der Waals surface area contributed by atoms with Gasteiger partial charge in [0.1, 0.15) is 0 Å². The van der Waals surface area contributed by atoms with Gasteiger partial charge < -0.3 is 29.2 Å². The van der Waals surface area contributed by atoms with Crippen LogP contribution < -0.4 is 0 Å². The molecule has 2 heterocycles. The average molecular weight is 718 g/mol. The zero-order valence-corrected chi connectivity index (χ0v) is 30.5. The molecule has 0 aliphatic carbocycles. The van der Waals surface area contributed by atoms with Gasteiger partial charge in [0.2, 0.25) is 0 Å². The molecule has 2 aliphatic heterocycles. The maximum atomic E-state index is 11.0. The van der Waals surface area contributed by atoms with Crippen LogP contribution >= 0.6 is 58.0 Å². The number of nitrogens with zero attached hydrogens (tertiary/aromatic N) is 5. The minimum atomic E-state index is -0.435. The number of halogens is 5. The Bertz CT molecular complexity index is 774. The lowest BCUT2D eigenvalue weighted by Gasteiger charge is -2.31. The lowest BCUT2D eigenvalue weighted by molar-refractivity contribution is 0.0589. The van der Waals surface area contributed by atoms with Gasteiger partial charge in [-0.1, -0.05) is 13.8 Å². The standard InChI is InChI=1S/C9H18ClNO.C5H8ClNO2.C5H8ClNO.C5H10ClNO.C3H6ClNO/c1-5-7(3)11(9(10)12)8(4)6-2;6-5(8)7-1-3-9-4-2-7;6-5(8)7-3-1-2-4-7;1-3-7(4-2)5(6)8;1-5(2)3(4)6/h7-8H,5-6H2,1-4H3;1-4H2;1-4H2;3-4H2,1-2H3;1-2H3. The lowest BCUT2D eigenvalue weighted by Crippen LogP contribution is -2.41. The molecule has 0 N–H and O–H groups in total. The van der Waals surface area contributed by atoms with E-state index in [-0.39, 0.29) is 33.5 Å². The summed E-state index contributed by atoms with van der Waals surface area (Å²) in [6.45, 7) is 17.5. The Hall–Kier alpha value is -1.24. The van der Waals surface area contributed by atoms with Crippen molar-refractivity contribution in [3.63, 3.8) is 0 Å². The first-order chi connectivity index (χ1) is 20.0. The fourth-order valence-corrected chi connectivity index (χ4v) is 4.19. The van der Waals surface area contributed by atoms with Crippen molar-refractivity contribution in [2.24, 2.45) is 0 Å². The molecular weight excluding hydrogens is 668 g/mol. The largest absolute Gasteiger partial charge is 0.378 e. The van der Waals surface area contributed by atoms with Crippen molar-refractivity contribution in [3.05, 3.63) is 0 Å². The van der Waals surface area contributed by atoms with Crippen LogP contribution in [0.25, 0.3) is 0 Å². The van der Waals surface area contributed by atoms with Crippen LogP contribution in [0, 0.1) is 0 Å². The van der Waals surface area contributed by atoms with Crippen molar-refractivity contribution in [2.75, 3.05) is 66.6 Å². The van der Waals surface area contributed by atoms with E-state index in [1.165, 1.54) is 4.90 Å². The first-order valence-electron chi connectivity index (χ1n) is 14.3. The Morgan fingerprint density at radius 1 is 0.651 bits per heavy atom. The summed E-state index contributed by atoms with van der Waals surface area (Å²) in [5.74, 6) is 0. The SMILES string of the molecule is CCC(C)N(C(=O)Cl)C(C)CC.CCN(CC)C(=O)Cl.CN(C)C(=O)Cl.O=C(Cl)N1CCCC1.O=C(Cl)N1CCOCC1. The number of hydrogen-bond donors (Lipinski definition) is 0. The number of carbonyl (C=O) groups excluding carboxylic acids is 5. The van der Waals surface area contributed by atoms with E-state index in [0.29, 0.717) is 39.4 Å². The van der Waals surface area contributed by atoms with E-state index >= 15 is 0 Å². The molecule has 2 unspecified atom stereocenters. The topological polar surface area (TPSA) is 111 Å². The minimum absolute atomic E-state index is 0.241. The molecular formula is C27H50Cl5N5O6. The van der Waals surface area contributed by atoms with Crippen LogP contribution in [0.2, 0.25) is 0 Å². The van der Waals surface area contributed by atoms with Crippen molar-refractivity contribution >= 4 is 84.8 Å². The highest BCUT2D eigenvalue weighted by molar-refractivity contribution is 6.64. The van der Waals surface area contributed by atoms with Crippen LogP contribution in [0.3, 0.4) is 0 Å². The van der Waals surface area contributed by atoms with E-state index in [1.54, 1.807) is 33.7 Å². The molecule has 2 rings (SSSR count). The molecule has 2 saturated heterocycles. The molecule has 43 heavy (non-hydrogen) atoms. The summed E-state index contributed by atoms with van der Waals surface area (Å²) in [5.41, 5.74) is 0. The molecule has 254 valence electrons. The quantitative estimate of drug-likeness (QED) is 0.204. The monoisotopic (exact) mass is 715 g/mol. The van der Waals surface area contributed by atoms with Gasteiger partial charge in [-0.3, -0.25) is 24.0 Å². The zero-order valence-electron chi connectivity index (χ0n) is 26.7. The first kappa shape index (κ1) is 46.2. The van der Waals surface area contributed by atoms with Gasteiger partial charge in [0.05, 0.1) is 13.2 Å². The maximum Gasteiger partial charge on any atom is 0.316 e. The molecule has 0 aromatic rings. The number of amides is 5.